The number of ether oxygens (including phenoxy) is 4. The molecular formula is C32H31NO7. The minimum atomic E-state index is -0.518. The number of hydrogen-bond acceptors (Lipinski definition) is 7. The zero-order chi connectivity index (χ0) is 28.9. The van der Waals surface area contributed by atoms with Gasteiger partial charge < -0.3 is 23.8 Å². The molecule has 0 fully saturated rings. The molecule has 0 saturated carbocycles. The first kappa shape index (κ1) is 28.2. The first-order chi connectivity index (χ1) is 19.2. The quantitative estimate of drug-likeness (QED) is 0.267. The van der Waals surface area contributed by atoms with Crippen molar-refractivity contribution in [1.82, 2.24) is 0 Å². The topological polar surface area (TPSA) is 91.4 Å². The molecule has 0 unspecified atom stereocenters. The van der Waals surface area contributed by atoms with Crippen LogP contribution >= 0.6 is 0 Å². The second-order valence-corrected chi connectivity index (χ2v) is 9.63. The summed E-state index contributed by atoms with van der Waals surface area (Å²) in [7, 11) is 4.18. The fraction of sp³-hybridized carbons (Fsp3) is 0.219. The van der Waals surface area contributed by atoms with Crippen molar-refractivity contribution in [3.8, 4) is 11.5 Å². The molecule has 3 aromatic rings. The molecule has 3 aromatic carbocycles. The van der Waals surface area contributed by atoms with Gasteiger partial charge in [-0.25, -0.2) is 9.59 Å². The first-order valence-electron chi connectivity index (χ1n) is 12.6. The van der Waals surface area contributed by atoms with Crippen LogP contribution in [0, 0.1) is 0 Å². The van der Waals surface area contributed by atoms with Gasteiger partial charge in [-0.15, -0.1) is 0 Å². The number of amides is 1. The van der Waals surface area contributed by atoms with E-state index in [0.717, 1.165) is 11.1 Å². The molecule has 1 amide bonds. The van der Waals surface area contributed by atoms with Crippen molar-refractivity contribution in [3.05, 3.63) is 101 Å². The van der Waals surface area contributed by atoms with Gasteiger partial charge in [0.1, 0.15) is 5.60 Å². The molecule has 8 heteroatoms. The van der Waals surface area contributed by atoms with E-state index in [9.17, 15) is 14.4 Å². The lowest BCUT2D eigenvalue weighted by molar-refractivity contribution is -0.134. The highest BCUT2D eigenvalue weighted by atomic mass is 16.5. The smallest absolute Gasteiger partial charge is 0.337 e. The third-order valence-corrected chi connectivity index (χ3v) is 6.38. The minimum absolute atomic E-state index is 0.158. The van der Waals surface area contributed by atoms with Gasteiger partial charge in [0.05, 0.1) is 33.4 Å². The summed E-state index contributed by atoms with van der Waals surface area (Å²) in [6.07, 6.45) is 6.91. The normalized spacial score (nSPS) is 13.2. The molecule has 0 radical (unpaired) electrons. The number of esters is 2. The van der Waals surface area contributed by atoms with Crippen LogP contribution in [0.5, 0.6) is 11.5 Å². The highest BCUT2D eigenvalue weighted by molar-refractivity contribution is 6.06. The van der Waals surface area contributed by atoms with Crippen LogP contribution in [-0.2, 0) is 20.8 Å². The van der Waals surface area contributed by atoms with E-state index >= 15 is 0 Å². The van der Waals surface area contributed by atoms with Crippen molar-refractivity contribution in [2.75, 3.05) is 26.2 Å². The van der Waals surface area contributed by atoms with Gasteiger partial charge in [-0.3, -0.25) is 4.79 Å². The Morgan fingerprint density at radius 2 is 1.65 bits per heavy atom. The number of rotatable bonds is 8. The summed E-state index contributed by atoms with van der Waals surface area (Å²) in [6, 6.07) is 17.3. The van der Waals surface area contributed by atoms with Gasteiger partial charge in [0.15, 0.2) is 11.5 Å². The maximum absolute atomic E-state index is 13.9. The Morgan fingerprint density at radius 1 is 0.925 bits per heavy atom. The molecule has 4 rings (SSSR count). The zero-order valence-electron chi connectivity index (χ0n) is 23.1. The van der Waals surface area contributed by atoms with Crippen molar-refractivity contribution in [1.29, 1.82) is 0 Å². The summed E-state index contributed by atoms with van der Waals surface area (Å²) >= 11 is 0. The van der Waals surface area contributed by atoms with Crippen LogP contribution < -0.4 is 14.4 Å². The Morgan fingerprint density at radius 3 is 2.33 bits per heavy atom. The fourth-order valence-electron chi connectivity index (χ4n) is 4.29. The van der Waals surface area contributed by atoms with E-state index < -0.39 is 17.5 Å². The second-order valence-electron chi connectivity index (χ2n) is 9.63. The molecule has 8 nitrogen and oxygen atoms in total. The lowest BCUT2D eigenvalue weighted by Crippen LogP contribution is -2.31. The second kappa shape index (κ2) is 11.9. The molecule has 1 heterocycles. The summed E-state index contributed by atoms with van der Waals surface area (Å²) in [4.78, 5) is 39.1. The van der Waals surface area contributed by atoms with E-state index in [2.05, 4.69) is 0 Å². The molecule has 0 aliphatic carbocycles. The van der Waals surface area contributed by atoms with E-state index in [0.29, 0.717) is 33.9 Å². The van der Waals surface area contributed by atoms with Crippen LogP contribution in [0.4, 0.5) is 5.69 Å². The molecule has 40 heavy (non-hydrogen) atoms. The molecule has 1 aliphatic rings. The SMILES string of the molecule is COC(=O)/C=C/c1cccc(N(Cc2ccc3c(c2OC)OC(C)(C)C=C3)C(=O)c2ccc(C(=O)OC)cc2)c1. The third-order valence-electron chi connectivity index (χ3n) is 6.38. The Balaban J connectivity index is 1.77. The average molecular weight is 542 g/mol. The molecule has 0 bridgehead atoms. The molecule has 206 valence electrons. The molecule has 0 saturated heterocycles. The maximum atomic E-state index is 13.9. The number of benzene rings is 3. The molecule has 0 aromatic heterocycles. The predicted molar refractivity (Wildman–Crippen MR) is 153 cm³/mol. The fourth-order valence-corrected chi connectivity index (χ4v) is 4.29. The highest BCUT2D eigenvalue weighted by Gasteiger charge is 2.28. The van der Waals surface area contributed by atoms with E-state index in [1.54, 1.807) is 54.5 Å². The lowest BCUT2D eigenvalue weighted by Gasteiger charge is -2.31. The lowest BCUT2D eigenvalue weighted by atomic mass is 9.99. The van der Waals surface area contributed by atoms with Gasteiger partial charge in [0.25, 0.3) is 5.91 Å². The first-order valence-corrected chi connectivity index (χ1v) is 12.6. The number of fused-ring (bicyclic) bond motifs is 1. The summed E-state index contributed by atoms with van der Waals surface area (Å²) < 4.78 is 21.5. The maximum Gasteiger partial charge on any atom is 0.337 e. The molecule has 0 spiro atoms. The van der Waals surface area contributed by atoms with Crippen LogP contribution in [0.3, 0.4) is 0 Å². The Bertz CT molecular complexity index is 1490. The molecule has 1 aliphatic heterocycles. The highest BCUT2D eigenvalue weighted by Crippen LogP contribution is 2.42. The summed E-state index contributed by atoms with van der Waals surface area (Å²) in [5.74, 6) is -0.129. The predicted octanol–water partition coefficient (Wildman–Crippen LogP) is 5.70. The Kier molecular flexibility index (Phi) is 8.38. The van der Waals surface area contributed by atoms with Crippen LogP contribution in [0.15, 0.2) is 72.8 Å². The van der Waals surface area contributed by atoms with Gasteiger partial charge in [-0.1, -0.05) is 30.3 Å². The standard InChI is InChI=1S/C32H31NO7/c1-32(2)18-17-22-10-15-25(28(38-4)29(22)40-32)20-33(26-8-6-7-21(19-26)9-16-27(34)37-3)30(35)23-11-13-24(14-12-23)31(36)39-5/h6-19H,20H2,1-5H3/b16-9+. The Hall–Kier alpha value is -4.85. The van der Waals surface area contributed by atoms with Crippen LogP contribution in [0.25, 0.3) is 12.2 Å². The van der Waals surface area contributed by atoms with Crippen molar-refractivity contribution < 1.29 is 33.3 Å². The van der Waals surface area contributed by atoms with Crippen molar-refractivity contribution in [3.63, 3.8) is 0 Å². The minimum Gasteiger partial charge on any atom is -0.492 e. The monoisotopic (exact) mass is 541 g/mol. The molecule has 0 N–H and O–H groups in total. The zero-order valence-corrected chi connectivity index (χ0v) is 23.1. The Labute approximate surface area is 233 Å². The number of methoxy groups -OCH3 is 3. The number of hydrogen-bond donors (Lipinski definition) is 0. The number of carbonyl (C=O) groups is 3. The van der Waals surface area contributed by atoms with E-state index in [4.69, 9.17) is 18.9 Å². The van der Waals surface area contributed by atoms with E-state index in [1.807, 2.05) is 50.3 Å². The van der Waals surface area contributed by atoms with Crippen LogP contribution in [0.2, 0.25) is 0 Å². The number of carbonyl (C=O) groups excluding carboxylic acids is 3. The van der Waals surface area contributed by atoms with Crippen molar-refractivity contribution >= 4 is 35.7 Å². The summed E-state index contributed by atoms with van der Waals surface area (Å²) in [5, 5.41) is 0. The number of nitrogens with zero attached hydrogens (tertiary/aromatic N) is 1. The largest absolute Gasteiger partial charge is 0.492 e. The van der Waals surface area contributed by atoms with Gasteiger partial charge in [0.2, 0.25) is 0 Å². The summed E-state index contributed by atoms with van der Waals surface area (Å²) in [6.45, 7) is 4.07. The van der Waals surface area contributed by atoms with E-state index in [-0.39, 0.29) is 12.5 Å². The molecule has 0 atom stereocenters. The van der Waals surface area contributed by atoms with Gasteiger partial charge in [-0.05, 0) is 68.0 Å². The molecular weight excluding hydrogens is 510 g/mol. The van der Waals surface area contributed by atoms with Gasteiger partial charge >= 0.3 is 11.9 Å². The van der Waals surface area contributed by atoms with Crippen molar-refractivity contribution in [2.45, 2.75) is 26.0 Å². The third kappa shape index (κ3) is 6.23. The number of anilines is 1. The average Bonchev–Trinajstić information content (AvgIpc) is 2.97. The van der Waals surface area contributed by atoms with Gasteiger partial charge in [-0.2, -0.15) is 0 Å². The van der Waals surface area contributed by atoms with Gasteiger partial charge in [0, 0.05) is 28.5 Å². The van der Waals surface area contributed by atoms with Crippen molar-refractivity contribution in [2.24, 2.45) is 0 Å². The van der Waals surface area contributed by atoms with Crippen LogP contribution in [0.1, 0.15) is 51.3 Å². The summed E-state index contributed by atoms with van der Waals surface area (Å²) in [5.41, 5.74) is 3.11. The van der Waals surface area contributed by atoms with Crippen LogP contribution in [-0.4, -0.2) is 44.8 Å². The van der Waals surface area contributed by atoms with E-state index in [1.165, 1.54) is 20.3 Å².